The fourth-order valence-corrected chi connectivity index (χ4v) is 1.88. The zero-order chi connectivity index (χ0) is 13.5. The molecule has 0 heterocycles. The highest BCUT2D eigenvalue weighted by molar-refractivity contribution is 6.18. The molecule has 0 radical (unpaired) electrons. The third kappa shape index (κ3) is 3.29. The summed E-state index contributed by atoms with van der Waals surface area (Å²) in [6.45, 7) is 1.97. The van der Waals surface area contributed by atoms with Crippen molar-refractivity contribution in [2.45, 2.75) is 19.4 Å². The summed E-state index contributed by atoms with van der Waals surface area (Å²) in [5.41, 5.74) is 0.395. The van der Waals surface area contributed by atoms with Gasteiger partial charge in [0.25, 0.3) is 5.91 Å². The topological polar surface area (TPSA) is 47.6 Å². The summed E-state index contributed by atoms with van der Waals surface area (Å²) in [6.07, 6.45) is 0.771. The van der Waals surface area contributed by atoms with Gasteiger partial charge in [0, 0.05) is 11.9 Å². The minimum Gasteiger partial charge on any atom is -0.496 e. The van der Waals surface area contributed by atoms with E-state index in [1.54, 1.807) is 18.2 Å². The molecule has 0 spiro atoms. The number of amides is 1. The Morgan fingerprint density at radius 3 is 2.28 bits per heavy atom. The molecule has 1 rings (SSSR count). The fraction of sp³-hybridized carbons (Fsp3) is 0.462. The SMILES string of the molecule is CCC(CCl)NC(=O)c1c(OC)cccc1OC. The second-order valence-electron chi connectivity index (χ2n) is 3.77. The van der Waals surface area contributed by atoms with Gasteiger partial charge >= 0.3 is 0 Å². The number of halogens is 1. The van der Waals surface area contributed by atoms with Gasteiger partial charge in [0.1, 0.15) is 17.1 Å². The highest BCUT2D eigenvalue weighted by Gasteiger charge is 2.20. The Morgan fingerprint density at radius 2 is 1.89 bits per heavy atom. The van der Waals surface area contributed by atoms with Crippen molar-refractivity contribution in [1.29, 1.82) is 0 Å². The van der Waals surface area contributed by atoms with E-state index in [9.17, 15) is 4.79 Å². The summed E-state index contributed by atoms with van der Waals surface area (Å²) in [6, 6.07) is 5.15. The molecular formula is C13H18ClNO3. The van der Waals surface area contributed by atoms with Gasteiger partial charge in [0.15, 0.2) is 0 Å². The molecule has 4 nitrogen and oxygen atoms in total. The van der Waals surface area contributed by atoms with E-state index < -0.39 is 0 Å². The molecule has 1 N–H and O–H groups in total. The Labute approximate surface area is 112 Å². The molecule has 0 bridgehead atoms. The Hall–Kier alpha value is -1.42. The van der Waals surface area contributed by atoms with E-state index in [0.29, 0.717) is 22.9 Å². The quantitative estimate of drug-likeness (QED) is 0.809. The van der Waals surface area contributed by atoms with E-state index >= 15 is 0 Å². The van der Waals surface area contributed by atoms with E-state index in [4.69, 9.17) is 21.1 Å². The minimum absolute atomic E-state index is 0.0613. The molecule has 1 aromatic rings. The summed E-state index contributed by atoms with van der Waals surface area (Å²) >= 11 is 5.77. The minimum atomic E-state index is -0.239. The van der Waals surface area contributed by atoms with Crippen LogP contribution in [0.2, 0.25) is 0 Å². The maximum absolute atomic E-state index is 12.2. The van der Waals surface area contributed by atoms with E-state index in [1.807, 2.05) is 6.92 Å². The van der Waals surface area contributed by atoms with Crippen molar-refractivity contribution < 1.29 is 14.3 Å². The molecule has 0 aliphatic rings. The van der Waals surface area contributed by atoms with Crippen LogP contribution in [-0.2, 0) is 0 Å². The molecule has 0 fully saturated rings. The summed E-state index contributed by atoms with van der Waals surface area (Å²) in [7, 11) is 3.04. The summed E-state index contributed by atoms with van der Waals surface area (Å²) in [5.74, 6) is 1.10. The highest BCUT2D eigenvalue weighted by atomic mass is 35.5. The molecule has 0 saturated heterocycles. The Bertz CT molecular complexity index is 383. The second kappa shape index (κ2) is 7.11. The summed E-state index contributed by atoms with van der Waals surface area (Å²) in [4.78, 5) is 12.2. The molecule has 0 saturated carbocycles. The third-order valence-corrected chi connectivity index (χ3v) is 3.04. The van der Waals surface area contributed by atoms with Crippen LogP contribution in [0.3, 0.4) is 0 Å². The molecule has 18 heavy (non-hydrogen) atoms. The average Bonchev–Trinajstić information content (AvgIpc) is 2.43. The van der Waals surface area contributed by atoms with Gasteiger partial charge in [0.05, 0.1) is 14.2 Å². The van der Waals surface area contributed by atoms with Crippen LogP contribution in [0.4, 0.5) is 0 Å². The van der Waals surface area contributed by atoms with E-state index in [0.717, 1.165) is 6.42 Å². The van der Waals surface area contributed by atoms with Crippen molar-refractivity contribution in [2.24, 2.45) is 0 Å². The first kappa shape index (κ1) is 14.6. The predicted molar refractivity (Wildman–Crippen MR) is 71.8 cm³/mol. The molecule has 100 valence electrons. The number of rotatable bonds is 6. The Kier molecular flexibility index (Phi) is 5.78. The van der Waals surface area contributed by atoms with Crippen LogP contribution in [0.15, 0.2) is 18.2 Å². The number of nitrogens with one attached hydrogen (secondary N) is 1. The third-order valence-electron chi connectivity index (χ3n) is 2.67. The van der Waals surface area contributed by atoms with Crippen molar-refractivity contribution in [3.05, 3.63) is 23.8 Å². The number of alkyl halides is 1. The van der Waals surface area contributed by atoms with Gasteiger partial charge in [-0.1, -0.05) is 13.0 Å². The number of hydrogen-bond acceptors (Lipinski definition) is 3. The van der Waals surface area contributed by atoms with Crippen LogP contribution in [0, 0.1) is 0 Å². The lowest BCUT2D eigenvalue weighted by molar-refractivity contribution is 0.0933. The second-order valence-corrected chi connectivity index (χ2v) is 4.08. The lowest BCUT2D eigenvalue weighted by Crippen LogP contribution is -2.36. The molecule has 0 aliphatic carbocycles. The van der Waals surface area contributed by atoms with Crippen LogP contribution in [0.5, 0.6) is 11.5 Å². The smallest absolute Gasteiger partial charge is 0.259 e. The van der Waals surface area contributed by atoms with Gasteiger partial charge in [-0.2, -0.15) is 0 Å². The van der Waals surface area contributed by atoms with Gasteiger partial charge in [-0.25, -0.2) is 0 Å². The number of carbonyl (C=O) groups excluding carboxylic acids is 1. The van der Waals surface area contributed by atoms with Crippen LogP contribution in [0.1, 0.15) is 23.7 Å². The molecule has 0 aromatic heterocycles. The lowest BCUT2D eigenvalue weighted by atomic mass is 10.1. The van der Waals surface area contributed by atoms with Crippen LogP contribution in [0.25, 0.3) is 0 Å². The lowest BCUT2D eigenvalue weighted by Gasteiger charge is -2.17. The van der Waals surface area contributed by atoms with Crippen molar-refractivity contribution in [3.63, 3.8) is 0 Å². The van der Waals surface area contributed by atoms with Gasteiger partial charge in [0.2, 0.25) is 0 Å². The zero-order valence-corrected chi connectivity index (χ0v) is 11.6. The van der Waals surface area contributed by atoms with Crippen LogP contribution >= 0.6 is 11.6 Å². The Morgan fingerprint density at radius 1 is 1.33 bits per heavy atom. The van der Waals surface area contributed by atoms with Crippen molar-refractivity contribution in [1.82, 2.24) is 5.32 Å². The molecule has 1 atom stereocenters. The monoisotopic (exact) mass is 271 g/mol. The number of benzene rings is 1. The number of hydrogen-bond donors (Lipinski definition) is 1. The summed E-state index contributed by atoms with van der Waals surface area (Å²) in [5, 5.41) is 2.85. The molecular weight excluding hydrogens is 254 g/mol. The molecule has 1 amide bonds. The number of methoxy groups -OCH3 is 2. The average molecular weight is 272 g/mol. The number of carbonyl (C=O) groups is 1. The van der Waals surface area contributed by atoms with Gasteiger partial charge in [-0.05, 0) is 18.6 Å². The van der Waals surface area contributed by atoms with E-state index in [-0.39, 0.29) is 11.9 Å². The standard InChI is InChI=1S/C13H18ClNO3/c1-4-9(8-14)15-13(16)12-10(17-2)6-5-7-11(12)18-3/h5-7,9H,4,8H2,1-3H3,(H,15,16). The molecule has 0 aliphatic heterocycles. The maximum Gasteiger partial charge on any atom is 0.259 e. The van der Waals surface area contributed by atoms with Crippen LogP contribution in [-0.4, -0.2) is 32.0 Å². The van der Waals surface area contributed by atoms with Crippen molar-refractivity contribution in [2.75, 3.05) is 20.1 Å². The van der Waals surface area contributed by atoms with Crippen molar-refractivity contribution in [3.8, 4) is 11.5 Å². The first-order valence-corrected chi connectivity index (χ1v) is 6.29. The zero-order valence-electron chi connectivity index (χ0n) is 10.8. The van der Waals surface area contributed by atoms with E-state index in [1.165, 1.54) is 14.2 Å². The van der Waals surface area contributed by atoms with Crippen molar-refractivity contribution >= 4 is 17.5 Å². The van der Waals surface area contributed by atoms with Gasteiger partial charge in [-0.3, -0.25) is 4.79 Å². The van der Waals surface area contributed by atoms with Crippen LogP contribution < -0.4 is 14.8 Å². The Balaban J connectivity index is 3.03. The maximum atomic E-state index is 12.2. The first-order chi connectivity index (χ1) is 8.67. The highest BCUT2D eigenvalue weighted by Crippen LogP contribution is 2.28. The van der Waals surface area contributed by atoms with E-state index in [2.05, 4.69) is 5.32 Å². The van der Waals surface area contributed by atoms with Gasteiger partial charge < -0.3 is 14.8 Å². The molecule has 5 heteroatoms. The normalized spacial score (nSPS) is 11.8. The largest absolute Gasteiger partial charge is 0.496 e. The predicted octanol–water partition coefficient (Wildman–Crippen LogP) is 2.45. The number of ether oxygens (including phenoxy) is 2. The fourth-order valence-electron chi connectivity index (χ4n) is 1.58. The first-order valence-electron chi connectivity index (χ1n) is 5.75. The molecule has 1 unspecified atom stereocenters. The molecule has 1 aromatic carbocycles. The summed E-state index contributed by atoms with van der Waals surface area (Å²) < 4.78 is 10.4. The van der Waals surface area contributed by atoms with Gasteiger partial charge in [-0.15, -0.1) is 11.6 Å².